The number of nitrogens with one attached hydrogen (secondary N) is 1. The van der Waals surface area contributed by atoms with Crippen LogP contribution in [0.4, 0.5) is 0 Å². The molecule has 2 heterocycles. The molecule has 4 heteroatoms. The topological polar surface area (TPSA) is 15.3 Å². The predicted octanol–water partition coefficient (Wildman–Crippen LogP) is 3.50. The number of nitrogens with zero attached hydrogens (tertiary/aromatic N) is 1. The molecule has 1 aliphatic heterocycles. The molecule has 96 valence electrons. The first kappa shape index (κ1) is 13.5. The molecular formula is C13H21BrN2S. The van der Waals surface area contributed by atoms with E-state index >= 15 is 0 Å². The summed E-state index contributed by atoms with van der Waals surface area (Å²) in [5.41, 5.74) is 0. The lowest BCUT2D eigenvalue weighted by molar-refractivity contribution is 0.228. The van der Waals surface area contributed by atoms with Crippen molar-refractivity contribution < 1.29 is 0 Å². The van der Waals surface area contributed by atoms with Crippen LogP contribution in [0, 0.1) is 5.92 Å². The molecule has 1 aromatic heterocycles. The zero-order valence-corrected chi connectivity index (χ0v) is 13.0. The van der Waals surface area contributed by atoms with E-state index in [2.05, 4.69) is 52.4 Å². The Morgan fingerprint density at radius 3 is 2.88 bits per heavy atom. The van der Waals surface area contributed by atoms with Crippen LogP contribution in [-0.4, -0.2) is 32.1 Å². The molecule has 1 aromatic rings. The second-order valence-corrected chi connectivity index (χ2v) is 7.56. The quantitative estimate of drug-likeness (QED) is 0.914. The van der Waals surface area contributed by atoms with Crippen molar-refractivity contribution in [2.75, 3.05) is 27.2 Å². The van der Waals surface area contributed by atoms with E-state index in [1.54, 1.807) is 0 Å². The average molecular weight is 317 g/mol. The molecule has 2 atom stereocenters. The molecule has 0 aliphatic carbocycles. The van der Waals surface area contributed by atoms with E-state index in [1.807, 2.05) is 11.3 Å². The summed E-state index contributed by atoms with van der Waals surface area (Å²) in [6.45, 7) is 2.39. The predicted molar refractivity (Wildman–Crippen MR) is 78.7 cm³/mol. The monoisotopic (exact) mass is 316 g/mol. The van der Waals surface area contributed by atoms with Gasteiger partial charge in [-0.15, -0.1) is 11.3 Å². The van der Waals surface area contributed by atoms with Gasteiger partial charge in [-0.1, -0.05) is 0 Å². The minimum atomic E-state index is 0.566. The van der Waals surface area contributed by atoms with Crippen molar-refractivity contribution in [1.29, 1.82) is 0 Å². The van der Waals surface area contributed by atoms with Gasteiger partial charge >= 0.3 is 0 Å². The summed E-state index contributed by atoms with van der Waals surface area (Å²) in [7, 11) is 4.38. The van der Waals surface area contributed by atoms with E-state index < -0.39 is 0 Å². The van der Waals surface area contributed by atoms with Crippen LogP contribution in [0.1, 0.15) is 30.2 Å². The van der Waals surface area contributed by atoms with Crippen molar-refractivity contribution >= 4 is 27.3 Å². The maximum atomic E-state index is 3.56. The molecule has 1 aliphatic rings. The van der Waals surface area contributed by atoms with Gasteiger partial charge in [-0.25, -0.2) is 0 Å². The first-order valence-corrected chi connectivity index (χ1v) is 7.90. The highest BCUT2D eigenvalue weighted by molar-refractivity contribution is 9.11. The van der Waals surface area contributed by atoms with Crippen molar-refractivity contribution in [3.63, 3.8) is 0 Å². The maximum absolute atomic E-state index is 3.56. The molecule has 17 heavy (non-hydrogen) atoms. The number of thiophene rings is 1. The van der Waals surface area contributed by atoms with Gasteiger partial charge in [0.2, 0.25) is 0 Å². The van der Waals surface area contributed by atoms with E-state index in [9.17, 15) is 0 Å². The molecular weight excluding hydrogens is 296 g/mol. The molecule has 2 rings (SSSR count). The lowest BCUT2D eigenvalue weighted by Gasteiger charge is -2.30. The summed E-state index contributed by atoms with van der Waals surface area (Å²) in [6.07, 6.45) is 3.98. The minimum absolute atomic E-state index is 0.566. The third kappa shape index (κ3) is 3.78. The fourth-order valence-corrected chi connectivity index (χ4v) is 4.16. The molecule has 0 aromatic carbocycles. The fourth-order valence-electron chi connectivity index (χ4n) is 2.53. The van der Waals surface area contributed by atoms with Crippen molar-refractivity contribution in [1.82, 2.24) is 10.2 Å². The Morgan fingerprint density at radius 1 is 1.53 bits per heavy atom. The van der Waals surface area contributed by atoms with Crippen LogP contribution in [0.25, 0.3) is 0 Å². The highest BCUT2D eigenvalue weighted by Gasteiger charge is 2.22. The van der Waals surface area contributed by atoms with Crippen LogP contribution in [0.5, 0.6) is 0 Å². The molecule has 1 N–H and O–H groups in total. The zero-order chi connectivity index (χ0) is 12.3. The van der Waals surface area contributed by atoms with Gasteiger partial charge in [0.1, 0.15) is 0 Å². The Labute approximate surface area is 117 Å². The summed E-state index contributed by atoms with van der Waals surface area (Å²) < 4.78 is 1.24. The Morgan fingerprint density at radius 2 is 2.35 bits per heavy atom. The van der Waals surface area contributed by atoms with Crippen LogP contribution in [0.3, 0.4) is 0 Å². The van der Waals surface area contributed by atoms with Gasteiger partial charge in [0, 0.05) is 10.9 Å². The van der Waals surface area contributed by atoms with Gasteiger partial charge in [-0.05, 0) is 80.4 Å². The second-order valence-electron chi connectivity index (χ2n) is 5.07. The third-order valence-electron chi connectivity index (χ3n) is 3.50. The van der Waals surface area contributed by atoms with Gasteiger partial charge in [0.25, 0.3) is 0 Å². The van der Waals surface area contributed by atoms with Crippen LogP contribution >= 0.6 is 27.3 Å². The van der Waals surface area contributed by atoms with Crippen LogP contribution in [0.15, 0.2) is 15.9 Å². The highest BCUT2D eigenvalue weighted by atomic mass is 79.9. The molecule has 1 fully saturated rings. The SMILES string of the molecule is CN(C)C(CC1CCCNC1)c1ccc(Br)s1. The van der Waals surface area contributed by atoms with Gasteiger partial charge in [-0.3, -0.25) is 0 Å². The number of hydrogen-bond acceptors (Lipinski definition) is 3. The Bertz CT molecular complexity index is 345. The zero-order valence-electron chi connectivity index (χ0n) is 10.6. The average Bonchev–Trinajstić information content (AvgIpc) is 2.73. The van der Waals surface area contributed by atoms with E-state index in [0.717, 1.165) is 5.92 Å². The number of piperidine rings is 1. The van der Waals surface area contributed by atoms with Crippen LogP contribution in [-0.2, 0) is 0 Å². The van der Waals surface area contributed by atoms with Gasteiger partial charge in [-0.2, -0.15) is 0 Å². The largest absolute Gasteiger partial charge is 0.316 e. The van der Waals surface area contributed by atoms with Crippen molar-refractivity contribution in [3.05, 3.63) is 20.8 Å². The van der Waals surface area contributed by atoms with Crippen LogP contribution < -0.4 is 5.32 Å². The minimum Gasteiger partial charge on any atom is -0.316 e. The Kier molecular flexibility index (Phi) is 5.03. The normalized spacial score (nSPS) is 22.9. The standard InChI is InChI=1S/C13H21BrN2S/c1-16(2)11(12-5-6-13(14)17-12)8-10-4-3-7-15-9-10/h5-6,10-11,15H,3-4,7-9H2,1-2H3. The fraction of sp³-hybridized carbons (Fsp3) is 0.692. The second kappa shape index (κ2) is 6.32. The van der Waals surface area contributed by atoms with Crippen LogP contribution in [0.2, 0.25) is 0 Å². The number of hydrogen-bond donors (Lipinski definition) is 1. The third-order valence-corrected chi connectivity index (χ3v) is 5.23. The molecule has 1 saturated heterocycles. The summed E-state index contributed by atoms with van der Waals surface area (Å²) in [4.78, 5) is 3.83. The number of halogens is 1. The highest BCUT2D eigenvalue weighted by Crippen LogP contribution is 2.34. The molecule has 0 saturated carbocycles. The first-order valence-electron chi connectivity index (χ1n) is 6.29. The smallest absolute Gasteiger partial charge is 0.0701 e. The molecule has 0 radical (unpaired) electrons. The van der Waals surface area contributed by atoms with Gasteiger partial charge < -0.3 is 10.2 Å². The van der Waals surface area contributed by atoms with E-state index in [-0.39, 0.29) is 0 Å². The summed E-state index contributed by atoms with van der Waals surface area (Å²) in [5, 5.41) is 3.51. The molecule has 0 spiro atoms. The number of rotatable bonds is 4. The van der Waals surface area contributed by atoms with E-state index in [1.165, 1.54) is 41.0 Å². The summed E-state index contributed by atoms with van der Waals surface area (Å²) >= 11 is 5.43. The van der Waals surface area contributed by atoms with E-state index in [0.29, 0.717) is 6.04 Å². The summed E-state index contributed by atoms with van der Waals surface area (Å²) in [5.74, 6) is 0.831. The summed E-state index contributed by atoms with van der Waals surface area (Å²) in [6, 6.07) is 4.99. The van der Waals surface area contributed by atoms with Gasteiger partial charge in [0.05, 0.1) is 3.79 Å². The van der Waals surface area contributed by atoms with Crippen molar-refractivity contribution in [2.24, 2.45) is 5.92 Å². The van der Waals surface area contributed by atoms with Crippen molar-refractivity contribution in [3.8, 4) is 0 Å². The Balaban J connectivity index is 2.01. The van der Waals surface area contributed by atoms with Gasteiger partial charge in [0.15, 0.2) is 0 Å². The molecule has 0 amide bonds. The lowest BCUT2D eigenvalue weighted by Crippen LogP contribution is -2.32. The molecule has 2 unspecified atom stereocenters. The lowest BCUT2D eigenvalue weighted by atomic mass is 9.91. The molecule has 0 bridgehead atoms. The van der Waals surface area contributed by atoms with Crippen molar-refractivity contribution in [2.45, 2.75) is 25.3 Å². The Hall–Kier alpha value is 0.1000. The van der Waals surface area contributed by atoms with E-state index in [4.69, 9.17) is 0 Å². The molecule has 2 nitrogen and oxygen atoms in total. The first-order chi connectivity index (χ1) is 8.16. The maximum Gasteiger partial charge on any atom is 0.0701 e.